The minimum Gasteiger partial charge on any atom is -0.406 e. The van der Waals surface area contributed by atoms with Crippen LogP contribution in [0.15, 0.2) is 48.5 Å². The summed E-state index contributed by atoms with van der Waals surface area (Å²) in [6.07, 6.45) is -4.74. The van der Waals surface area contributed by atoms with Crippen LogP contribution in [0.2, 0.25) is 0 Å². The molecule has 0 aromatic heterocycles. The molecule has 28 heavy (non-hydrogen) atoms. The topological polar surface area (TPSA) is 32.8 Å². The van der Waals surface area contributed by atoms with E-state index in [9.17, 15) is 18.0 Å². The first kappa shape index (κ1) is 20.2. The molecule has 1 aliphatic rings. The van der Waals surface area contributed by atoms with E-state index in [2.05, 4.69) is 23.5 Å². The van der Waals surface area contributed by atoms with Crippen molar-refractivity contribution in [2.24, 2.45) is 0 Å². The first-order valence-electron chi connectivity index (χ1n) is 9.22. The number of hydrogen-bond acceptors (Lipinski definition) is 3. The molecule has 1 heterocycles. The lowest BCUT2D eigenvalue weighted by molar-refractivity contribution is -0.274. The Morgan fingerprint density at radius 2 is 1.57 bits per heavy atom. The molecule has 0 saturated carbocycles. The molecule has 1 saturated heterocycles. The highest BCUT2D eigenvalue weighted by atomic mass is 19.4. The van der Waals surface area contributed by atoms with Crippen LogP contribution in [0.5, 0.6) is 5.75 Å². The van der Waals surface area contributed by atoms with Crippen LogP contribution in [0.4, 0.5) is 13.2 Å². The second-order valence-electron chi connectivity index (χ2n) is 7.08. The quantitative estimate of drug-likeness (QED) is 0.772. The summed E-state index contributed by atoms with van der Waals surface area (Å²) in [5.41, 5.74) is 1.75. The number of hydrogen-bond donors (Lipinski definition) is 0. The summed E-state index contributed by atoms with van der Waals surface area (Å²) in [6, 6.07) is 13.2. The lowest BCUT2D eigenvalue weighted by atomic mass is 10.0. The number of amides is 1. The van der Waals surface area contributed by atoms with Gasteiger partial charge in [-0.1, -0.05) is 24.3 Å². The van der Waals surface area contributed by atoms with Crippen molar-refractivity contribution >= 4 is 5.91 Å². The molecule has 0 N–H and O–H groups in total. The van der Waals surface area contributed by atoms with Crippen molar-refractivity contribution in [2.45, 2.75) is 26.3 Å². The molecular weight excluding hydrogens is 369 g/mol. The van der Waals surface area contributed by atoms with E-state index in [0.29, 0.717) is 35.8 Å². The van der Waals surface area contributed by atoms with E-state index in [-0.39, 0.29) is 11.7 Å². The number of halogens is 3. The van der Waals surface area contributed by atoms with Gasteiger partial charge in [0.2, 0.25) is 0 Å². The number of nitrogens with zero attached hydrogens (tertiary/aromatic N) is 2. The van der Waals surface area contributed by atoms with Gasteiger partial charge in [-0.15, -0.1) is 13.2 Å². The number of piperazine rings is 1. The monoisotopic (exact) mass is 392 g/mol. The van der Waals surface area contributed by atoms with Crippen molar-refractivity contribution in [3.63, 3.8) is 0 Å². The van der Waals surface area contributed by atoms with Gasteiger partial charge < -0.3 is 9.64 Å². The van der Waals surface area contributed by atoms with Crippen LogP contribution in [0, 0.1) is 0 Å². The van der Waals surface area contributed by atoms with Gasteiger partial charge in [-0.25, -0.2) is 0 Å². The fourth-order valence-corrected chi connectivity index (χ4v) is 3.33. The molecule has 1 aliphatic heterocycles. The van der Waals surface area contributed by atoms with Crippen molar-refractivity contribution in [3.8, 4) is 16.9 Å². The van der Waals surface area contributed by atoms with Crippen LogP contribution in [0.3, 0.4) is 0 Å². The summed E-state index contributed by atoms with van der Waals surface area (Å²) in [7, 11) is 0. The number of carbonyl (C=O) groups is 1. The van der Waals surface area contributed by atoms with Crippen LogP contribution in [-0.2, 0) is 0 Å². The van der Waals surface area contributed by atoms with Crippen molar-refractivity contribution in [1.29, 1.82) is 0 Å². The maximum absolute atomic E-state index is 12.8. The van der Waals surface area contributed by atoms with Gasteiger partial charge in [0.1, 0.15) is 5.75 Å². The molecule has 3 rings (SSSR count). The molecule has 2 aromatic carbocycles. The van der Waals surface area contributed by atoms with E-state index < -0.39 is 6.36 Å². The largest absolute Gasteiger partial charge is 0.573 e. The third-order valence-electron chi connectivity index (χ3n) is 4.84. The lowest BCUT2D eigenvalue weighted by Gasteiger charge is -2.37. The molecule has 2 aromatic rings. The van der Waals surface area contributed by atoms with Gasteiger partial charge in [0.05, 0.1) is 0 Å². The standard InChI is InChI=1S/C21H23F3N2O2/c1-15(2)25-9-11-26(12-10-25)20(27)18-7-3-5-16(13-18)17-6-4-8-19(14-17)28-21(22,23)24/h3-8,13-15H,9-12H2,1-2H3. The first-order chi connectivity index (χ1) is 13.2. The minimum absolute atomic E-state index is 0.0621. The van der Waals surface area contributed by atoms with E-state index in [4.69, 9.17) is 0 Å². The average molecular weight is 392 g/mol. The molecule has 7 heteroatoms. The van der Waals surface area contributed by atoms with E-state index in [1.54, 1.807) is 30.3 Å². The Kier molecular flexibility index (Phi) is 5.93. The fraction of sp³-hybridized carbons (Fsp3) is 0.381. The Hall–Kier alpha value is -2.54. The Balaban J connectivity index is 1.76. The highest BCUT2D eigenvalue weighted by Gasteiger charge is 2.31. The summed E-state index contributed by atoms with van der Waals surface area (Å²) in [5.74, 6) is -0.348. The van der Waals surface area contributed by atoms with Crippen LogP contribution in [0.1, 0.15) is 24.2 Å². The van der Waals surface area contributed by atoms with Crippen LogP contribution in [0.25, 0.3) is 11.1 Å². The van der Waals surface area contributed by atoms with Gasteiger partial charge in [0, 0.05) is 37.8 Å². The molecule has 4 nitrogen and oxygen atoms in total. The minimum atomic E-state index is -4.74. The molecular formula is C21H23F3N2O2. The summed E-state index contributed by atoms with van der Waals surface area (Å²) in [5, 5.41) is 0. The molecule has 1 fully saturated rings. The molecule has 150 valence electrons. The highest BCUT2D eigenvalue weighted by Crippen LogP contribution is 2.28. The van der Waals surface area contributed by atoms with Gasteiger partial charge in [0.15, 0.2) is 0 Å². The second-order valence-corrected chi connectivity index (χ2v) is 7.08. The third kappa shape index (κ3) is 5.04. The molecule has 0 spiro atoms. The average Bonchev–Trinajstić information content (AvgIpc) is 2.66. The zero-order valence-electron chi connectivity index (χ0n) is 15.9. The van der Waals surface area contributed by atoms with Gasteiger partial charge in [-0.05, 0) is 49.2 Å². The summed E-state index contributed by atoms with van der Waals surface area (Å²) in [6.45, 7) is 7.27. The first-order valence-corrected chi connectivity index (χ1v) is 9.22. The highest BCUT2D eigenvalue weighted by molar-refractivity contribution is 5.95. The van der Waals surface area contributed by atoms with Gasteiger partial charge >= 0.3 is 6.36 Å². The van der Waals surface area contributed by atoms with Crippen LogP contribution in [-0.4, -0.2) is 54.3 Å². The van der Waals surface area contributed by atoms with Gasteiger partial charge in [-0.2, -0.15) is 0 Å². The van der Waals surface area contributed by atoms with Crippen LogP contribution < -0.4 is 4.74 Å². The zero-order valence-corrected chi connectivity index (χ0v) is 15.9. The predicted molar refractivity (Wildman–Crippen MR) is 101 cm³/mol. The van der Waals surface area contributed by atoms with Gasteiger partial charge in [-0.3, -0.25) is 9.69 Å². The normalized spacial score (nSPS) is 15.7. The molecule has 0 bridgehead atoms. The number of benzene rings is 2. The number of carbonyl (C=O) groups excluding carboxylic acids is 1. The van der Waals surface area contributed by atoms with Crippen molar-refractivity contribution in [3.05, 3.63) is 54.1 Å². The summed E-state index contributed by atoms with van der Waals surface area (Å²) >= 11 is 0. The zero-order chi connectivity index (χ0) is 20.3. The Morgan fingerprint density at radius 1 is 0.964 bits per heavy atom. The van der Waals surface area contributed by atoms with E-state index >= 15 is 0 Å². The Labute approximate surface area is 162 Å². The Morgan fingerprint density at radius 3 is 2.18 bits per heavy atom. The van der Waals surface area contributed by atoms with Crippen molar-refractivity contribution < 1.29 is 22.7 Å². The smallest absolute Gasteiger partial charge is 0.406 e. The number of ether oxygens (including phenoxy) is 1. The number of rotatable bonds is 4. The van der Waals surface area contributed by atoms with Crippen molar-refractivity contribution in [2.75, 3.05) is 26.2 Å². The van der Waals surface area contributed by atoms with Gasteiger partial charge in [0.25, 0.3) is 5.91 Å². The molecule has 0 unspecified atom stereocenters. The molecule has 1 amide bonds. The number of alkyl halides is 3. The summed E-state index contributed by atoms with van der Waals surface area (Å²) < 4.78 is 41.3. The maximum atomic E-state index is 12.8. The van der Waals surface area contributed by atoms with E-state index in [1.165, 1.54) is 18.2 Å². The third-order valence-corrected chi connectivity index (χ3v) is 4.84. The fourth-order valence-electron chi connectivity index (χ4n) is 3.33. The molecule has 0 radical (unpaired) electrons. The maximum Gasteiger partial charge on any atom is 0.573 e. The summed E-state index contributed by atoms with van der Waals surface area (Å²) in [4.78, 5) is 17.0. The van der Waals surface area contributed by atoms with E-state index in [0.717, 1.165) is 13.1 Å². The SMILES string of the molecule is CC(C)N1CCN(C(=O)c2cccc(-c3cccc(OC(F)(F)F)c3)c2)CC1. The lowest BCUT2D eigenvalue weighted by Crippen LogP contribution is -2.50. The van der Waals surface area contributed by atoms with Crippen molar-refractivity contribution in [1.82, 2.24) is 9.80 Å². The van der Waals surface area contributed by atoms with E-state index in [1.807, 2.05) is 4.90 Å². The molecule has 0 aliphatic carbocycles. The predicted octanol–water partition coefficient (Wildman–Crippen LogP) is 4.42. The molecule has 0 atom stereocenters. The second kappa shape index (κ2) is 8.22. The Bertz CT molecular complexity index is 828. The van der Waals surface area contributed by atoms with Crippen LogP contribution >= 0.6 is 0 Å².